The Kier molecular flexibility index (Phi) is 6.16. The number of nitrogens with one attached hydrogen (secondary N) is 1. The van der Waals surface area contributed by atoms with Gasteiger partial charge in [0, 0.05) is 26.1 Å². The lowest BCUT2D eigenvalue weighted by molar-refractivity contribution is -0.152. The van der Waals surface area contributed by atoms with E-state index < -0.39 is 23.2 Å². The van der Waals surface area contributed by atoms with E-state index in [-0.39, 0.29) is 47.5 Å². The molecule has 0 bridgehead atoms. The van der Waals surface area contributed by atoms with Crippen LogP contribution in [0.15, 0.2) is 22.1 Å². The minimum absolute atomic E-state index is 0.00519. The van der Waals surface area contributed by atoms with E-state index in [9.17, 15) is 9.59 Å². The zero-order valence-corrected chi connectivity index (χ0v) is 18.8. The van der Waals surface area contributed by atoms with Gasteiger partial charge in [0.1, 0.15) is 23.5 Å². The number of amides is 1. The third-order valence-electron chi connectivity index (χ3n) is 5.64. The van der Waals surface area contributed by atoms with Crippen molar-refractivity contribution < 1.29 is 32.6 Å². The molecular formula is C22H23FN2O6S. The second-order valence-corrected chi connectivity index (χ2v) is 8.51. The number of hydrogen-bond acceptors (Lipinski definition) is 8. The second kappa shape index (κ2) is 8.87. The molecular weight excluding hydrogens is 439 g/mol. The van der Waals surface area contributed by atoms with Crippen molar-refractivity contribution in [3.05, 3.63) is 45.4 Å². The molecule has 1 fully saturated rings. The summed E-state index contributed by atoms with van der Waals surface area (Å²) in [4.78, 5) is 30.8. The van der Waals surface area contributed by atoms with E-state index in [0.29, 0.717) is 13.2 Å². The van der Waals surface area contributed by atoms with Crippen LogP contribution in [0.25, 0.3) is 11.0 Å². The fraction of sp³-hybridized carbons (Fsp3) is 0.409. The van der Waals surface area contributed by atoms with Crippen LogP contribution in [0, 0.1) is 19.7 Å². The highest BCUT2D eigenvalue weighted by Gasteiger charge is 2.43. The lowest BCUT2D eigenvalue weighted by Gasteiger charge is -2.35. The predicted molar refractivity (Wildman–Crippen MR) is 114 cm³/mol. The van der Waals surface area contributed by atoms with E-state index in [1.165, 1.54) is 24.5 Å². The van der Waals surface area contributed by atoms with Gasteiger partial charge in [-0.1, -0.05) is 0 Å². The van der Waals surface area contributed by atoms with E-state index in [1.807, 2.05) is 6.92 Å². The number of ether oxygens (including phenoxy) is 3. The first-order chi connectivity index (χ1) is 15.4. The number of fused-ring (bicyclic) bond motifs is 1. The Morgan fingerprint density at radius 1 is 1.28 bits per heavy atom. The summed E-state index contributed by atoms with van der Waals surface area (Å²) in [5.74, 6) is -1.66. The minimum Gasteiger partial charge on any atom is -0.485 e. The molecule has 0 radical (unpaired) electrons. The number of rotatable bonds is 6. The van der Waals surface area contributed by atoms with Gasteiger partial charge in [0.25, 0.3) is 5.91 Å². The Bertz CT molecular complexity index is 1160. The van der Waals surface area contributed by atoms with E-state index >= 15 is 4.39 Å². The van der Waals surface area contributed by atoms with Gasteiger partial charge in [-0.25, -0.2) is 14.2 Å². The smallest absolute Gasteiger partial charge is 0.331 e. The fourth-order valence-corrected chi connectivity index (χ4v) is 4.51. The normalized spacial score (nSPS) is 15.5. The minimum atomic E-state index is -1.24. The molecule has 8 nitrogen and oxygen atoms in total. The summed E-state index contributed by atoms with van der Waals surface area (Å²) < 4.78 is 37.0. The highest BCUT2D eigenvalue weighted by atomic mass is 32.1. The molecule has 3 heterocycles. The molecule has 4 rings (SSSR count). The molecule has 1 N–H and O–H groups in total. The predicted octanol–water partition coefficient (Wildman–Crippen LogP) is 3.68. The maximum absolute atomic E-state index is 15.4. The lowest BCUT2D eigenvalue weighted by atomic mass is 9.89. The molecule has 0 unspecified atom stereocenters. The average Bonchev–Trinajstić information content (AvgIpc) is 3.35. The van der Waals surface area contributed by atoms with Gasteiger partial charge < -0.3 is 23.9 Å². The van der Waals surface area contributed by atoms with Gasteiger partial charge in [-0.15, -0.1) is 11.3 Å². The molecule has 170 valence electrons. The molecule has 0 atom stereocenters. The molecule has 1 aliphatic heterocycles. The number of halogens is 1. The number of aryl methyl sites for hydroxylation is 2. The zero-order chi connectivity index (χ0) is 22.9. The van der Waals surface area contributed by atoms with Crippen molar-refractivity contribution in [1.29, 1.82) is 0 Å². The van der Waals surface area contributed by atoms with Crippen LogP contribution in [0.3, 0.4) is 0 Å². The van der Waals surface area contributed by atoms with Crippen LogP contribution in [0.5, 0.6) is 5.75 Å². The van der Waals surface area contributed by atoms with Gasteiger partial charge >= 0.3 is 5.97 Å². The lowest BCUT2D eigenvalue weighted by Crippen LogP contribution is -2.58. The molecule has 2 aromatic heterocycles. The third-order valence-corrected chi connectivity index (χ3v) is 6.55. The van der Waals surface area contributed by atoms with Crippen molar-refractivity contribution in [3.8, 4) is 5.75 Å². The highest BCUT2D eigenvalue weighted by molar-refractivity contribution is 7.09. The van der Waals surface area contributed by atoms with Crippen molar-refractivity contribution in [3.63, 3.8) is 0 Å². The van der Waals surface area contributed by atoms with Crippen molar-refractivity contribution >= 4 is 34.2 Å². The van der Waals surface area contributed by atoms with E-state index in [1.54, 1.807) is 18.5 Å². The number of furan rings is 1. The molecule has 1 aliphatic rings. The van der Waals surface area contributed by atoms with Crippen LogP contribution in [0.2, 0.25) is 0 Å². The molecule has 1 saturated heterocycles. The van der Waals surface area contributed by atoms with Gasteiger partial charge in [0.05, 0.1) is 34.1 Å². The largest absolute Gasteiger partial charge is 0.485 e. The summed E-state index contributed by atoms with van der Waals surface area (Å²) in [7, 11) is 1.26. The SMILES string of the molecule is COC(=O)C1(NC(=O)c2c(C)oc3ccc(OCc4scnc4C)c(F)c23)CCOCC1. The Balaban J connectivity index is 1.67. The van der Waals surface area contributed by atoms with Gasteiger partial charge in [-0.3, -0.25) is 4.79 Å². The summed E-state index contributed by atoms with van der Waals surface area (Å²) in [5, 5.41) is 2.76. The maximum Gasteiger partial charge on any atom is 0.331 e. The fourth-order valence-electron chi connectivity index (χ4n) is 3.82. The quantitative estimate of drug-likeness (QED) is 0.558. The van der Waals surface area contributed by atoms with Gasteiger partial charge in [0.2, 0.25) is 0 Å². The van der Waals surface area contributed by atoms with Crippen LogP contribution >= 0.6 is 11.3 Å². The zero-order valence-electron chi connectivity index (χ0n) is 18.0. The first-order valence-corrected chi connectivity index (χ1v) is 11.0. The number of benzene rings is 1. The van der Waals surface area contributed by atoms with E-state index in [2.05, 4.69) is 10.3 Å². The van der Waals surface area contributed by atoms with Gasteiger partial charge in [0.15, 0.2) is 11.6 Å². The number of esters is 1. The molecule has 10 heteroatoms. The van der Waals surface area contributed by atoms with Crippen LogP contribution < -0.4 is 10.1 Å². The second-order valence-electron chi connectivity index (χ2n) is 7.57. The monoisotopic (exact) mass is 462 g/mol. The van der Waals surface area contributed by atoms with Crippen LogP contribution in [0.4, 0.5) is 4.39 Å². The number of nitrogens with zero attached hydrogens (tertiary/aromatic N) is 1. The van der Waals surface area contributed by atoms with Crippen molar-refractivity contribution in [1.82, 2.24) is 10.3 Å². The van der Waals surface area contributed by atoms with Crippen LogP contribution in [-0.4, -0.2) is 42.7 Å². The number of carbonyl (C=O) groups excluding carboxylic acids is 2. The molecule has 32 heavy (non-hydrogen) atoms. The van der Waals surface area contributed by atoms with Gasteiger partial charge in [-0.2, -0.15) is 0 Å². The summed E-state index contributed by atoms with van der Waals surface area (Å²) in [6, 6.07) is 3.02. The number of carbonyl (C=O) groups is 2. The standard InChI is InChI=1S/C22H23FN2O6S/c1-12-16(32-11-24-12)10-30-15-5-4-14-18(19(15)23)17(13(2)31-14)20(26)25-22(21(27)28-3)6-8-29-9-7-22/h4-5,11H,6-10H2,1-3H3,(H,25,26). The Morgan fingerprint density at radius 3 is 2.69 bits per heavy atom. The maximum atomic E-state index is 15.4. The number of methoxy groups -OCH3 is 1. The van der Waals surface area contributed by atoms with E-state index in [0.717, 1.165) is 10.6 Å². The molecule has 0 saturated carbocycles. The van der Waals surface area contributed by atoms with Crippen molar-refractivity contribution in [2.45, 2.75) is 38.8 Å². The Hall–Kier alpha value is -2.98. The molecule has 1 amide bonds. The topological polar surface area (TPSA) is 99.9 Å². The molecule has 3 aromatic rings. The third kappa shape index (κ3) is 3.95. The summed E-state index contributed by atoms with van der Waals surface area (Å²) in [6.07, 6.45) is 0.510. The Morgan fingerprint density at radius 2 is 2.03 bits per heavy atom. The number of aromatic nitrogens is 1. The molecule has 1 aromatic carbocycles. The summed E-state index contributed by atoms with van der Waals surface area (Å²) in [6.45, 7) is 4.17. The van der Waals surface area contributed by atoms with Crippen LogP contribution in [-0.2, 0) is 20.9 Å². The van der Waals surface area contributed by atoms with Crippen molar-refractivity contribution in [2.75, 3.05) is 20.3 Å². The first kappa shape index (κ1) is 22.2. The summed E-state index contributed by atoms with van der Waals surface area (Å²) in [5.41, 5.74) is 1.51. The highest BCUT2D eigenvalue weighted by Crippen LogP contribution is 2.34. The van der Waals surface area contributed by atoms with Gasteiger partial charge in [-0.05, 0) is 26.0 Å². The average molecular weight is 462 g/mol. The number of thiazole rings is 1. The summed E-state index contributed by atoms with van der Waals surface area (Å²) >= 11 is 1.42. The number of hydrogen-bond donors (Lipinski definition) is 1. The van der Waals surface area contributed by atoms with Crippen molar-refractivity contribution in [2.24, 2.45) is 0 Å². The molecule has 0 spiro atoms. The first-order valence-electron chi connectivity index (χ1n) is 10.1. The molecule has 0 aliphatic carbocycles. The van der Waals surface area contributed by atoms with E-state index in [4.69, 9.17) is 18.6 Å². The van der Waals surface area contributed by atoms with Crippen LogP contribution in [0.1, 0.15) is 39.5 Å². The Labute approximate surface area is 187 Å².